The average Bonchev–Trinajstić information content (AvgIpc) is 3.55. The maximum absolute atomic E-state index is 6.60. The fraction of sp³-hybridized carbons (Fsp3) is 0. The third-order valence-corrected chi connectivity index (χ3v) is 8.69. The first-order chi connectivity index (χ1) is 24.3. The zero-order valence-electron chi connectivity index (χ0n) is 26.3. The average molecular weight is 631 g/mol. The van der Waals surface area contributed by atoms with Crippen molar-refractivity contribution in [3.8, 4) is 56.4 Å². The van der Waals surface area contributed by atoms with Crippen molar-refractivity contribution in [3.05, 3.63) is 181 Å². The van der Waals surface area contributed by atoms with E-state index in [0.29, 0.717) is 17.6 Å². The van der Waals surface area contributed by atoms with E-state index in [4.69, 9.17) is 23.8 Å². The van der Waals surface area contributed by atoms with E-state index < -0.39 is 0 Å². The van der Waals surface area contributed by atoms with Crippen LogP contribution in [0.5, 0.6) is 0 Å². The number of fused-ring (bicyclic) bond motifs is 1. The molecule has 0 bridgehead atoms. The highest BCUT2D eigenvalue weighted by atomic mass is 16.5. The number of hydrogen-bond acceptors (Lipinski definition) is 4. The number of hydrogen-bond donors (Lipinski definition) is 0. The normalized spacial score (nSPS) is 12.2. The van der Waals surface area contributed by atoms with Crippen LogP contribution in [0.4, 0.5) is 0 Å². The van der Waals surface area contributed by atoms with Crippen LogP contribution < -0.4 is 4.67 Å². The van der Waals surface area contributed by atoms with Crippen molar-refractivity contribution in [2.75, 3.05) is 0 Å². The zero-order valence-corrected chi connectivity index (χ0v) is 26.3. The minimum Gasteiger partial charge on any atom is -0.455 e. The van der Waals surface area contributed by atoms with Crippen molar-refractivity contribution >= 4 is 22.8 Å². The SMILES string of the molecule is c1ccc(C2=[N+]=C(c3cc(-c4oc5ccccc5c4-c4ccccc4)ccc3-c3cc(-c4ccccc4)nc(-c4ccccc4)n3)O2)cc1. The van der Waals surface area contributed by atoms with Gasteiger partial charge >= 0.3 is 11.8 Å². The summed E-state index contributed by atoms with van der Waals surface area (Å²) in [6.07, 6.45) is 0. The molecule has 2 aromatic heterocycles. The van der Waals surface area contributed by atoms with E-state index in [-0.39, 0.29) is 0 Å². The third kappa shape index (κ3) is 5.31. The van der Waals surface area contributed by atoms with Crippen LogP contribution in [0.25, 0.3) is 67.3 Å². The van der Waals surface area contributed by atoms with Gasteiger partial charge < -0.3 is 9.15 Å². The predicted molar refractivity (Wildman–Crippen MR) is 197 cm³/mol. The molecule has 5 nitrogen and oxygen atoms in total. The smallest absolute Gasteiger partial charge is 0.455 e. The highest BCUT2D eigenvalue weighted by molar-refractivity contribution is 6.17. The zero-order chi connectivity index (χ0) is 32.6. The summed E-state index contributed by atoms with van der Waals surface area (Å²) < 4.78 is 17.9. The molecule has 0 saturated carbocycles. The summed E-state index contributed by atoms with van der Waals surface area (Å²) in [5, 5.41) is 1.06. The quantitative estimate of drug-likeness (QED) is 0.165. The number of para-hydroxylation sites is 1. The molecule has 5 heteroatoms. The molecule has 6 aromatic carbocycles. The van der Waals surface area contributed by atoms with Gasteiger partial charge in [-0.2, -0.15) is 0 Å². The third-order valence-electron chi connectivity index (χ3n) is 8.69. The second kappa shape index (κ2) is 12.1. The Bertz CT molecular complexity index is 2480. The van der Waals surface area contributed by atoms with E-state index in [0.717, 1.165) is 72.6 Å². The number of benzene rings is 6. The minimum absolute atomic E-state index is 0.522. The second-order valence-electron chi connectivity index (χ2n) is 11.8. The van der Waals surface area contributed by atoms with E-state index in [1.54, 1.807) is 0 Å². The van der Waals surface area contributed by atoms with Gasteiger partial charge in [0.2, 0.25) is 0 Å². The number of aromatic nitrogens is 2. The summed E-state index contributed by atoms with van der Waals surface area (Å²) in [7, 11) is 0. The molecule has 0 atom stereocenters. The molecular formula is C44H28N3O2+. The lowest BCUT2D eigenvalue weighted by Crippen LogP contribution is -2.30. The first-order valence-electron chi connectivity index (χ1n) is 16.2. The first kappa shape index (κ1) is 28.4. The molecule has 230 valence electrons. The van der Waals surface area contributed by atoms with E-state index in [9.17, 15) is 0 Å². The fourth-order valence-corrected chi connectivity index (χ4v) is 6.29. The standard InChI is InChI=1S/C44H28N3O2/c1-5-15-29(16-6-1)37-28-38(46-42(45-37)31-19-9-3-10-20-31)34-26-25-33(27-36(34)44-47-43(49-44)32-21-11-4-12-22-32)41-40(30-17-7-2-8-18-30)35-23-13-14-24-39(35)48-41/h1-28H/q+1. The van der Waals surface area contributed by atoms with Gasteiger partial charge in [-0.05, 0) is 35.9 Å². The van der Waals surface area contributed by atoms with E-state index in [1.165, 1.54) is 0 Å². The van der Waals surface area contributed by atoms with Crippen LogP contribution in [0.15, 0.2) is 174 Å². The monoisotopic (exact) mass is 630 g/mol. The summed E-state index contributed by atoms with van der Waals surface area (Å²) in [4.78, 5) is 10.1. The Kier molecular flexibility index (Phi) is 7.01. The molecule has 0 amide bonds. The van der Waals surface area contributed by atoms with Crippen LogP contribution in [0.2, 0.25) is 0 Å². The predicted octanol–water partition coefficient (Wildman–Crippen LogP) is 9.85. The largest absolute Gasteiger partial charge is 0.511 e. The van der Waals surface area contributed by atoms with E-state index >= 15 is 0 Å². The van der Waals surface area contributed by atoms with Crippen molar-refractivity contribution < 1.29 is 9.15 Å². The van der Waals surface area contributed by atoms with Crippen molar-refractivity contribution in [1.29, 1.82) is 0 Å². The topological polar surface area (TPSA) is 62.2 Å². The van der Waals surface area contributed by atoms with Crippen LogP contribution >= 0.6 is 0 Å². The molecule has 0 spiro atoms. The molecule has 0 N–H and O–H groups in total. The lowest BCUT2D eigenvalue weighted by Gasteiger charge is -2.13. The molecule has 9 rings (SSSR count). The molecule has 0 unspecified atom stereocenters. The Morgan fingerprint density at radius 2 is 1.00 bits per heavy atom. The Balaban J connectivity index is 1.28. The van der Waals surface area contributed by atoms with Gasteiger partial charge in [-0.25, -0.2) is 9.97 Å². The molecule has 0 saturated heterocycles. The van der Waals surface area contributed by atoms with Gasteiger partial charge in [-0.1, -0.05) is 140 Å². The Labute approximate surface area is 283 Å². The number of rotatable bonds is 7. The van der Waals surface area contributed by atoms with E-state index in [2.05, 4.69) is 60.7 Å². The fourth-order valence-electron chi connectivity index (χ4n) is 6.29. The van der Waals surface area contributed by atoms with Crippen LogP contribution in [0, 0.1) is 0 Å². The van der Waals surface area contributed by atoms with Gasteiger partial charge in [0, 0.05) is 37.9 Å². The summed E-state index contributed by atoms with van der Waals surface area (Å²) in [5.41, 5.74) is 10.0. The van der Waals surface area contributed by atoms with Crippen LogP contribution in [0.3, 0.4) is 0 Å². The molecule has 0 aliphatic carbocycles. The minimum atomic E-state index is 0.522. The maximum Gasteiger partial charge on any atom is 0.511 e. The highest BCUT2D eigenvalue weighted by Gasteiger charge is 2.37. The summed E-state index contributed by atoms with van der Waals surface area (Å²) in [5.74, 6) is 2.53. The van der Waals surface area contributed by atoms with Crippen molar-refractivity contribution in [2.45, 2.75) is 0 Å². The summed E-state index contributed by atoms with van der Waals surface area (Å²) in [6.45, 7) is 0. The van der Waals surface area contributed by atoms with Crippen molar-refractivity contribution in [2.24, 2.45) is 0 Å². The molecule has 8 aromatic rings. The molecule has 0 radical (unpaired) electrons. The van der Waals surface area contributed by atoms with Crippen LogP contribution in [0.1, 0.15) is 11.1 Å². The number of ether oxygens (including phenoxy) is 1. The number of nitrogens with zero attached hydrogens (tertiary/aromatic N) is 3. The highest BCUT2D eigenvalue weighted by Crippen LogP contribution is 2.42. The molecule has 3 heterocycles. The van der Waals surface area contributed by atoms with Gasteiger partial charge in [0.25, 0.3) is 0 Å². The lowest BCUT2D eigenvalue weighted by molar-refractivity contribution is 0.511. The molecule has 1 aliphatic rings. The number of furan rings is 1. The van der Waals surface area contributed by atoms with Gasteiger partial charge in [-0.15, -0.1) is 0 Å². The van der Waals surface area contributed by atoms with Gasteiger partial charge in [-0.3, -0.25) is 0 Å². The van der Waals surface area contributed by atoms with E-state index in [1.807, 2.05) is 109 Å². The summed E-state index contributed by atoms with van der Waals surface area (Å²) in [6, 6.07) is 57.1. The van der Waals surface area contributed by atoms with Crippen LogP contribution in [-0.2, 0) is 4.74 Å². The Morgan fingerprint density at radius 1 is 0.429 bits per heavy atom. The lowest BCUT2D eigenvalue weighted by atomic mass is 9.94. The molecule has 0 fully saturated rings. The molecule has 49 heavy (non-hydrogen) atoms. The van der Waals surface area contributed by atoms with Gasteiger partial charge in [0.15, 0.2) is 5.82 Å². The van der Waals surface area contributed by atoms with Crippen molar-refractivity contribution in [1.82, 2.24) is 14.6 Å². The van der Waals surface area contributed by atoms with Crippen LogP contribution in [-0.4, -0.2) is 21.8 Å². The van der Waals surface area contributed by atoms with Gasteiger partial charge in [0.1, 0.15) is 22.5 Å². The van der Waals surface area contributed by atoms with Crippen molar-refractivity contribution in [3.63, 3.8) is 0 Å². The summed E-state index contributed by atoms with van der Waals surface area (Å²) >= 11 is 0. The first-order valence-corrected chi connectivity index (χ1v) is 16.2. The second-order valence-corrected chi connectivity index (χ2v) is 11.8. The molecule has 1 aliphatic heterocycles. The Hall–Kier alpha value is -6.81. The molecular weight excluding hydrogens is 603 g/mol. The maximum atomic E-state index is 6.60. The Morgan fingerprint density at radius 3 is 1.69 bits per heavy atom. The van der Waals surface area contributed by atoms with Gasteiger partial charge in [0.05, 0.1) is 11.4 Å².